The molecule has 208 valence electrons. The molecule has 0 radical (unpaired) electrons. The summed E-state index contributed by atoms with van der Waals surface area (Å²) in [5.74, 6) is 0.0384. The Morgan fingerprint density at radius 1 is 1.08 bits per heavy atom. The summed E-state index contributed by atoms with van der Waals surface area (Å²) in [5, 5.41) is 11.3. The maximum absolute atomic E-state index is 13.4. The number of ether oxygens (including phenoxy) is 4. The molecule has 1 amide bonds. The Morgan fingerprint density at radius 2 is 1.82 bits per heavy atom. The summed E-state index contributed by atoms with van der Waals surface area (Å²) in [5.41, 5.74) is 1.10. The van der Waals surface area contributed by atoms with Crippen LogP contribution in [-0.2, 0) is 14.3 Å². The van der Waals surface area contributed by atoms with E-state index in [0.29, 0.717) is 67.8 Å². The predicted octanol–water partition coefficient (Wildman–Crippen LogP) is 3.80. The van der Waals surface area contributed by atoms with Crippen molar-refractivity contribution in [3.63, 3.8) is 0 Å². The van der Waals surface area contributed by atoms with E-state index in [0.717, 1.165) is 19.6 Å². The number of rotatable bonds is 12. The second-order valence-electron chi connectivity index (χ2n) is 9.27. The molecule has 0 aliphatic carbocycles. The molecule has 2 aliphatic heterocycles. The minimum absolute atomic E-state index is 0.0405. The molecule has 2 heterocycles. The molecule has 9 heteroatoms. The molecule has 1 N–H and O–H groups in total. The Kier molecular flexibility index (Phi) is 9.62. The molecule has 2 saturated heterocycles. The first-order valence-electron chi connectivity index (χ1n) is 13.2. The fourth-order valence-corrected chi connectivity index (χ4v) is 4.88. The predicted molar refractivity (Wildman–Crippen MR) is 147 cm³/mol. The summed E-state index contributed by atoms with van der Waals surface area (Å²) in [6, 6.07) is 11.3. The lowest BCUT2D eigenvalue weighted by atomic mass is 9.95. The Balaban J connectivity index is 1.72. The number of hydrogen-bond acceptors (Lipinski definition) is 8. The van der Waals surface area contributed by atoms with E-state index in [1.807, 2.05) is 6.92 Å². The maximum atomic E-state index is 13.4. The zero-order valence-corrected chi connectivity index (χ0v) is 22.6. The van der Waals surface area contributed by atoms with Crippen LogP contribution in [0.4, 0.5) is 0 Å². The first-order chi connectivity index (χ1) is 19.0. The van der Waals surface area contributed by atoms with Crippen LogP contribution in [0.3, 0.4) is 0 Å². The zero-order valence-electron chi connectivity index (χ0n) is 22.6. The molecule has 0 saturated carbocycles. The van der Waals surface area contributed by atoms with Crippen molar-refractivity contribution in [3.05, 3.63) is 71.8 Å². The van der Waals surface area contributed by atoms with Gasteiger partial charge in [0.1, 0.15) is 18.1 Å². The van der Waals surface area contributed by atoms with E-state index in [1.54, 1.807) is 60.6 Å². The van der Waals surface area contributed by atoms with Gasteiger partial charge in [-0.2, -0.15) is 0 Å². The van der Waals surface area contributed by atoms with Gasteiger partial charge in [0.05, 0.1) is 38.5 Å². The van der Waals surface area contributed by atoms with Gasteiger partial charge in [0.15, 0.2) is 11.5 Å². The number of carbonyl (C=O) groups is 2. The van der Waals surface area contributed by atoms with Gasteiger partial charge in [-0.15, -0.1) is 0 Å². The Hall–Kier alpha value is -3.82. The van der Waals surface area contributed by atoms with E-state index < -0.39 is 17.7 Å². The van der Waals surface area contributed by atoms with Crippen LogP contribution < -0.4 is 14.2 Å². The van der Waals surface area contributed by atoms with Gasteiger partial charge in [-0.25, -0.2) is 0 Å². The smallest absolute Gasteiger partial charge is 0.295 e. The van der Waals surface area contributed by atoms with Crippen molar-refractivity contribution >= 4 is 17.4 Å². The molecule has 1 atom stereocenters. The number of aliphatic hydroxyl groups excluding tert-OH is 1. The molecule has 9 nitrogen and oxygen atoms in total. The number of morpholine rings is 1. The fourth-order valence-electron chi connectivity index (χ4n) is 4.88. The fraction of sp³-hybridized carbons (Fsp3) is 0.400. The molecule has 39 heavy (non-hydrogen) atoms. The lowest BCUT2D eigenvalue weighted by Gasteiger charge is -2.29. The first-order valence-corrected chi connectivity index (χ1v) is 13.2. The summed E-state index contributed by atoms with van der Waals surface area (Å²) < 4.78 is 22.2. The van der Waals surface area contributed by atoms with Crippen molar-refractivity contribution in [1.82, 2.24) is 9.80 Å². The number of carbonyl (C=O) groups excluding carboxylic acids is 2. The highest BCUT2D eigenvalue weighted by Crippen LogP contribution is 2.42. The average Bonchev–Trinajstić information content (AvgIpc) is 3.22. The molecule has 2 aromatic carbocycles. The number of Topliss-reactive ketones (excluding diaryl/α,β-unsaturated/α-hetero) is 1. The van der Waals surface area contributed by atoms with Crippen LogP contribution in [0.25, 0.3) is 5.76 Å². The monoisotopic (exact) mass is 536 g/mol. The molecule has 0 bridgehead atoms. The summed E-state index contributed by atoms with van der Waals surface area (Å²) in [4.78, 5) is 30.6. The Bertz CT molecular complexity index is 1200. The van der Waals surface area contributed by atoms with Gasteiger partial charge in [-0.05, 0) is 55.3 Å². The van der Waals surface area contributed by atoms with Crippen LogP contribution in [-0.4, -0.2) is 86.3 Å². The van der Waals surface area contributed by atoms with Crippen LogP contribution in [0.5, 0.6) is 17.2 Å². The minimum atomic E-state index is -0.788. The van der Waals surface area contributed by atoms with Crippen molar-refractivity contribution in [3.8, 4) is 17.2 Å². The quantitative estimate of drug-likeness (QED) is 0.189. The third-order valence-corrected chi connectivity index (χ3v) is 6.82. The van der Waals surface area contributed by atoms with Gasteiger partial charge in [0.2, 0.25) is 0 Å². The second-order valence-corrected chi connectivity index (χ2v) is 9.27. The topological polar surface area (TPSA) is 97.8 Å². The lowest BCUT2D eigenvalue weighted by molar-refractivity contribution is -0.140. The standard InChI is InChI=1S/C30H36N2O7/c1-4-17-39-24-12-9-22(20-25(24)38-5-2)27-26(28(33)21-7-10-23(36-3)11-8-21)29(34)30(35)32(27)14-6-13-31-15-18-37-19-16-31/h4,7-12,20,27,33H,1,5-6,13-19H2,2-3H3. The van der Waals surface area contributed by atoms with Crippen LogP contribution >= 0.6 is 0 Å². The highest BCUT2D eigenvalue weighted by molar-refractivity contribution is 6.46. The van der Waals surface area contributed by atoms with Crippen LogP contribution in [0.2, 0.25) is 0 Å². The van der Waals surface area contributed by atoms with Crippen molar-refractivity contribution in [2.24, 2.45) is 0 Å². The number of nitrogens with zero attached hydrogens (tertiary/aromatic N) is 2. The summed E-state index contributed by atoms with van der Waals surface area (Å²) in [6.07, 6.45) is 2.31. The van der Waals surface area contributed by atoms with Gasteiger partial charge in [-0.3, -0.25) is 14.5 Å². The number of methoxy groups -OCH3 is 1. The van der Waals surface area contributed by atoms with Crippen molar-refractivity contribution in [1.29, 1.82) is 0 Å². The number of aliphatic hydroxyl groups is 1. The maximum Gasteiger partial charge on any atom is 0.295 e. The molecule has 2 aliphatic rings. The van der Waals surface area contributed by atoms with Gasteiger partial charge in [-0.1, -0.05) is 18.7 Å². The van der Waals surface area contributed by atoms with E-state index >= 15 is 0 Å². The largest absolute Gasteiger partial charge is 0.507 e. The SMILES string of the molecule is C=CCOc1ccc(C2C(=C(O)c3ccc(OC)cc3)C(=O)C(=O)N2CCCN2CCOCC2)cc1OCC. The van der Waals surface area contributed by atoms with E-state index in [-0.39, 0.29) is 11.3 Å². The average molecular weight is 537 g/mol. The van der Waals surface area contributed by atoms with Crippen molar-refractivity contribution in [2.45, 2.75) is 19.4 Å². The highest BCUT2D eigenvalue weighted by Gasteiger charge is 2.46. The second kappa shape index (κ2) is 13.3. The molecule has 2 fully saturated rings. The number of amides is 1. The highest BCUT2D eigenvalue weighted by atomic mass is 16.5. The molecule has 4 rings (SSSR count). The summed E-state index contributed by atoms with van der Waals surface area (Å²) in [6.45, 7) is 10.4. The normalized spacial score (nSPS) is 19.2. The van der Waals surface area contributed by atoms with Gasteiger partial charge < -0.3 is 29.0 Å². The van der Waals surface area contributed by atoms with E-state index in [1.165, 1.54) is 0 Å². The van der Waals surface area contributed by atoms with Crippen LogP contribution in [0.15, 0.2) is 60.7 Å². The van der Waals surface area contributed by atoms with E-state index in [9.17, 15) is 14.7 Å². The number of ketones is 1. The van der Waals surface area contributed by atoms with E-state index in [2.05, 4.69) is 11.5 Å². The zero-order chi connectivity index (χ0) is 27.8. The summed E-state index contributed by atoms with van der Waals surface area (Å²) >= 11 is 0. The molecule has 2 aromatic rings. The first kappa shape index (κ1) is 28.2. The Morgan fingerprint density at radius 3 is 2.49 bits per heavy atom. The Labute approximate surface area is 229 Å². The lowest BCUT2D eigenvalue weighted by Crippen LogP contribution is -2.39. The number of likely N-dealkylation sites (tertiary alicyclic amines) is 1. The summed E-state index contributed by atoms with van der Waals surface area (Å²) in [7, 11) is 1.55. The molecular formula is C30H36N2O7. The molecule has 1 unspecified atom stereocenters. The van der Waals surface area contributed by atoms with E-state index in [4.69, 9.17) is 18.9 Å². The van der Waals surface area contributed by atoms with Crippen molar-refractivity contribution in [2.75, 3.05) is 59.7 Å². The number of benzene rings is 2. The van der Waals surface area contributed by atoms with Crippen LogP contribution in [0.1, 0.15) is 30.5 Å². The van der Waals surface area contributed by atoms with Gasteiger partial charge in [0.25, 0.3) is 11.7 Å². The molecule has 0 spiro atoms. The third kappa shape index (κ3) is 6.43. The molecule has 0 aromatic heterocycles. The van der Waals surface area contributed by atoms with Gasteiger partial charge in [0, 0.05) is 31.7 Å². The third-order valence-electron chi connectivity index (χ3n) is 6.82. The van der Waals surface area contributed by atoms with Crippen molar-refractivity contribution < 1.29 is 33.6 Å². The van der Waals surface area contributed by atoms with Crippen LogP contribution in [0, 0.1) is 0 Å². The van der Waals surface area contributed by atoms with Gasteiger partial charge >= 0.3 is 0 Å². The minimum Gasteiger partial charge on any atom is -0.507 e. The molecular weight excluding hydrogens is 500 g/mol. The number of hydrogen-bond donors (Lipinski definition) is 1.